The fraction of sp³-hybridized carbons (Fsp3) is 0.389. The Morgan fingerprint density at radius 1 is 1.52 bits per heavy atom. The molecule has 2 aliphatic heterocycles. The van der Waals surface area contributed by atoms with Crippen molar-refractivity contribution in [1.29, 1.82) is 5.26 Å². The Kier molecular flexibility index (Phi) is 4.33. The van der Waals surface area contributed by atoms with Gasteiger partial charge < -0.3 is 9.47 Å². The summed E-state index contributed by atoms with van der Waals surface area (Å²) in [4.78, 5) is 26.1. The molecule has 0 N–H and O–H groups in total. The summed E-state index contributed by atoms with van der Waals surface area (Å²) in [6, 6.07) is 7.53. The second kappa shape index (κ2) is 6.19. The summed E-state index contributed by atoms with van der Waals surface area (Å²) in [6.07, 6.45) is 0.838. The number of hydrogen-bond donors (Lipinski definition) is 0. The van der Waals surface area contributed by atoms with Crippen molar-refractivity contribution in [1.82, 2.24) is 0 Å². The number of amides is 1. The minimum absolute atomic E-state index is 0.409. The van der Waals surface area contributed by atoms with Crippen molar-refractivity contribution in [2.45, 2.75) is 31.9 Å². The van der Waals surface area contributed by atoms with Gasteiger partial charge in [-0.05, 0) is 38.0 Å². The Hall–Kier alpha value is -2.33. The standard InChI is InChI=1S/C18H17BrN2O4/c1-10(2)6-7-18-12-5-4-11(19)8-14(12)21(17(23)24-3)16(18)25-15(22)13(18)9-20/h4-6,8,13,16H,7H2,1-3H3/t13-,16+,18-/m1/s1. The Bertz CT molecular complexity index is 825. The Labute approximate surface area is 154 Å². The molecule has 3 rings (SSSR count). The van der Waals surface area contributed by atoms with Crippen LogP contribution in [0.15, 0.2) is 34.3 Å². The van der Waals surface area contributed by atoms with Gasteiger partial charge in [0, 0.05) is 4.47 Å². The van der Waals surface area contributed by atoms with Crippen molar-refractivity contribution in [2.24, 2.45) is 5.92 Å². The molecular weight excluding hydrogens is 388 g/mol. The lowest BCUT2D eigenvalue weighted by molar-refractivity contribution is -0.142. The molecule has 0 bridgehead atoms. The molecule has 2 aliphatic rings. The molecule has 25 heavy (non-hydrogen) atoms. The second-order valence-corrected chi connectivity index (χ2v) is 7.29. The van der Waals surface area contributed by atoms with Gasteiger partial charge in [0.05, 0.1) is 24.3 Å². The van der Waals surface area contributed by atoms with Crippen molar-refractivity contribution in [2.75, 3.05) is 12.0 Å². The van der Waals surface area contributed by atoms with Crippen molar-refractivity contribution < 1.29 is 19.1 Å². The van der Waals surface area contributed by atoms with Crippen LogP contribution in [-0.2, 0) is 19.7 Å². The number of anilines is 1. The van der Waals surface area contributed by atoms with Gasteiger partial charge in [0.1, 0.15) is 0 Å². The molecule has 130 valence electrons. The van der Waals surface area contributed by atoms with Crippen molar-refractivity contribution in [3.8, 4) is 6.07 Å². The van der Waals surface area contributed by atoms with Gasteiger partial charge in [-0.1, -0.05) is 33.6 Å². The number of carbonyl (C=O) groups is 2. The van der Waals surface area contributed by atoms with E-state index in [1.54, 1.807) is 6.07 Å². The number of methoxy groups -OCH3 is 1. The lowest BCUT2D eigenvalue weighted by Gasteiger charge is -2.30. The van der Waals surface area contributed by atoms with E-state index < -0.39 is 29.6 Å². The van der Waals surface area contributed by atoms with Gasteiger partial charge in [-0.2, -0.15) is 5.26 Å². The van der Waals surface area contributed by atoms with Gasteiger partial charge in [-0.25, -0.2) is 9.69 Å². The lowest BCUT2D eigenvalue weighted by Crippen LogP contribution is -2.47. The quantitative estimate of drug-likeness (QED) is 0.554. The van der Waals surface area contributed by atoms with E-state index in [0.29, 0.717) is 12.1 Å². The highest BCUT2D eigenvalue weighted by atomic mass is 79.9. The third-order valence-corrected chi connectivity index (χ3v) is 5.22. The predicted molar refractivity (Wildman–Crippen MR) is 93.7 cm³/mol. The average molecular weight is 405 g/mol. The van der Waals surface area contributed by atoms with E-state index in [0.717, 1.165) is 15.6 Å². The molecule has 6 nitrogen and oxygen atoms in total. The number of allylic oxidation sites excluding steroid dienone is 2. The fourth-order valence-corrected chi connectivity index (χ4v) is 3.94. The predicted octanol–water partition coefficient (Wildman–Crippen LogP) is 3.65. The first kappa shape index (κ1) is 17.5. The van der Waals surface area contributed by atoms with Gasteiger partial charge in [0.15, 0.2) is 12.1 Å². The molecule has 0 unspecified atom stereocenters. The molecular formula is C18H17BrN2O4. The van der Waals surface area contributed by atoms with Crippen molar-refractivity contribution >= 4 is 33.7 Å². The number of halogens is 1. The van der Waals surface area contributed by atoms with E-state index in [4.69, 9.17) is 9.47 Å². The zero-order valence-corrected chi connectivity index (χ0v) is 15.7. The molecule has 0 radical (unpaired) electrons. The van der Waals surface area contributed by atoms with Gasteiger partial charge >= 0.3 is 12.1 Å². The molecule has 2 heterocycles. The highest BCUT2D eigenvalue weighted by Gasteiger charge is 2.66. The van der Waals surface area contributed by atoms with Crippen LogP contribution in [0.5, 0.6) is 0 Å². The summed E-state index contributed by atoms with van der Waals surface area (Å²) in [5.74, 6) is -1.61. The van der Waals surface area contributed by atoms with Gasteiger partial charge in [-0.3, -0.25) is 4.79 Å². The minimum atomic E-state index is -0.998. The van der Waals surface area contributed by atoms with Crippen LogP contribution >= 0.6 is 15.9 Å². The molecule has 1 saturated heterocycles. The topological polar surface area (TPSA) is 79.6 Å². The second-order valence-electron chi connectivity index (χ2n) is 6.38. The van der Waals surface area contributed by atoms with Crippen LogP contribution in [0.4, 0.5) is 10.5 Å². The number of esters is 1. The average Bonchev–Trinajstić information content (AvgIpc) is 2.99. The zero-order valence-electron chi connectivity index (χ0n) is 14.1. The van der Waals surface area contributed by atoms with Crippen LogP contribution in [-0.4, -0.2) is 25.4 Å². The highest BCUT2D eigenvalue weighted by molar-refractivity contribution is 9.10. The molecule has 1 amide bonds. The summed E-state index contributed by atoms with van der Waals surface area (Å²) in [6.45, 7) is 3.89. The Morgan fingerprint density at radius 2 is 2.24 bits per heavy atom. The van der Waals surface area contributed by atoms with Crippen LogP contribution in [0, 0.1) is 17.2 Å². The maximum atomic E-state index is 12.4. The monoisotopic (exact) mass is 404 g/mol. The van der Waals surface area contributed by atoms with E-state index >= 15 is 0 Å². The summed E-state index contributed by atoms with van der Waals surface area (Å²) >= 11 is 3.40. The molecule has 1 aromatic carbocycles. The molecule has 0 aromatic heterocycles. The van der Waals surface area contributed by atoms with E-state index in [1.165, 1.54) is 12.0 Å². The third-order valence-electron chi connectivity index (χ3n) is 4.72. The number of hydrogen-bond acceptors (Lipinski definition) is 5. The van der Waals surface area contributed by atoms with Crippen LogP contribution in [0.2, 0.25) is 0 Å². The number of nitrogens with zero attached hydrogens (tertiary/aromatic N) is 2. The number of nitriles is 1. The maximum Gasteiger partial charge on any atom is 0.417 e. The number of fused-ring (bicyclic) bond motifs is 3. The van der Waals surface area contributed by atoms with E-state index in [9.17, 15) is 14.9 Å². The van der Waals surface area contributed by atoms with Gasteiger partial charge in [0.2, 0.25) is 0 Å². The van der Waals surface area contributed by atoms with E-state index in [-0.39, 0.29) is 0 Å². The minimum Gasteiger partial charge on any atom is -0.452 e. The molecule has 3 atom stereocenters. The number of rotatable bonds is 2. The van der Waals surface area contributed by atoms with Crippen molar-refractivity contribution in [3.05, 3.63) is 39.9 Å². The van der Waals surface area contributed by atoms with Crippen molar-refractivity contribution in [3.63, 3.8) is 0 Å². The highest BCUT2D eigenvalue weighted by Crippen LogP contribution is 2.56. The number of carbonyl (C=O) groups excluding carboxylic acids is 2. The molecule has 1 aromatic rings. The van der Waals surface area contributed by atoms with Crippen LogP contribution in [0.1, 0.15) is 25.8 Å². The Balaban J connectivity index is 2.28. The summed E-state index contributed by atoms with van der Waals surface area (Å²) in [7, 11) is 1.27. The van der Waals surface area contributed by atoms with Crippen LogP contribution in [0.25, 0.3) is 0 Å². The first-order chi connectivity index (χ1) is 11.9. The number of benzene rings is 1. The van der Waals surface area contributed by atoms with Gasteiger partial charge in [0.25, 0.3) is 0 Å². The third kappa shape index (κ3) is 2.44. The smallest absolute Gasteiger partial charge is 0.417 e. The molecule has 1 fully saturated rings. The molecule has 0 spiro atoms. The first-order valence-corrected chi connectivity index (χ1v) is 8.56. The van der Waals surface area contributed by atoms with E-state index in [2.05, 4.69) is 22.0 Å². The maximum absolute atomic E-state index is 12.4. The fourth-order valence-electron chi connectivity index (χ4n) is 3.59. The summed E-state index contributed by atoms with van der Waals surface area (Å²) < 4.78 is 11.2. The molecule has 7 heteroatoms. The van der Waals surface area contributed by atoms with Crippen LogP contribution in [0.3, 0.4) is 0 Å². The van der Waals surface area contributed by atoms with Crippen LogP contribution < -0.4 is 4.90 Å². The Morgan fingerprint density at radius 3 is 2.84 bits per heavy atom. The normalized spacial score (nSPS) is 26.4. The van der Waals surface area contributed by atoms with Gasteiger partial charge in [-0.15, -0.1) is 0 Å². The van der Waals surface area contributed by atoms with E-state index in [1.807, 2.05) is 32.1 Å². The largest absolute Gasteiger partial charge is 0.452 e. The molecule has 0 aliphatic carbocycles. The first-order valence-electron chi connectivity index (χ1n) is 7.77. The number of ether oxygens (including phenoxy) is 2. The zero-order chi connectivity index (χ0) is 18.4. The summed E-state index contributed by atoms with van der Waals surface area (Å²) in [5.41, 5.74) is 1.43. The summed E-state index contributed by atoms with van der Waals surface area (Å²) in [5, 5.41) is 9.66. The lowest BCUT2D eigenvalue weighted by atomic mass is 9.70. The SMILES string of the molecule is COC(=O)N1c2cc(Br)ccc2[C@]2(CC=C(C)C)[C@H](C#N)C(=O)O[C@H]12. The molecule has 0 saturated carbocycles.